The summed E-state index contributed by atoms with van der Waals surface area (Å²) in [6.45, 7) is 8.40. The molecule has 0 rings (SSSR count). The highest BCUT2D eigenvalue weighted by molar-refractivity contribution is 6.19. The number of carbonyl (C=O) groups is 2. The molecule has 2 unspecified atom stereocenters. The fourth-order valence-corrected chi connectivity index (χ4v) is 0.983. The van der Waals surface area contributed by atoms with Crippen LogP contribution in [0.3, 0.4) is 0 Å². The molecule has 0 aliphatic rings. The van der Waals surface area contributed by atoms with E-state index in [1.54, 1.807) is 27.7 Å². The van der Waals surface area contributed by atoms with Crippen LogP contribution in [0.15, 0.2) is 0 Å². The number of carbonyl (C=O) groups excluding carboxylic acids is 2. The van der Waals surface area contributed by atoms with E-state index in [1.165, 1.54) is 6.92 Å². The van der Waals surface area contributed by atoms with Crippen molar-refractivity contribution in [3.05, 3.63) is 0 Å². The molecule has 1 N–H and O–H groups in total. The monoisotopic (exact) mass is 281 g/mol. The SMILES string of the molecule is CC(COC(=O)OC(C)Cl)NC(=O)OC(C)(C)C. The molecule has 2 atom stereocenters. The van der Waals surface area contributed by atoms with Crippen molar-refractivity contribution < 1.29 is 23.8 Å². The van der Waals surface area contributed by atoms with Crippen LogP contribution < -0.4 is 5.32 Å². The van der Waals surface area contributed by atoms with E-state index in [2.05, 4.69) is 10.1 Å². The minimum absolute atomic E-state index is 0.0261. The molecule has 0 fully saturated rings. The Kier molecular flexibility index (Phi) is 6.83. The molecule has 0 aromatic carbocycles. The Labute approximate surface area is 112 Å². The maximum atomic E-state index is 11.4. The number of ether oxygens (including phenoxy) is 3. The number of halogens is 1. The third-order valence-corrected chi connectivity index (χ3v) is 1.56. The standard InChI is InChI=1S/C11H20ClNO5/c1-7(6-16-10(15)17-8(2)12)13-9(14)18-11(3,4)5/h7-8H,6H2,1-5H3,(H,13,14). The Bertz CT molecular complexity index is 288. The van der Waals surface area contributed by atoms with Crippen LogP contribution in [0, 0.1) is 0 Å². The summed E-state index contributed by atoms with van der Waals surface area (Å²) in [6.07, 6.45) is -1.45. The van der Waals surface area contributed by atoms with E-state index in [9.17, 15) is 9.59 Å². The van der Waals surface area contributed by atoms with Crippen LogP contribution in [0.2, 0.25) is 0 Å². The maximum Gasteiger partial charge on any atom is 0.509 e. The zero-order valence-electron chi connectivity index (χ0n) is 11.3. The van der Waals surface area contributed by atoms with E-state index in [0.29, 0.717) is 0 Å². The van der Waals surface area contributed by atoms with Crippen molar-refractivity contribution in [2.75, 3.05) is 6.61 Å². The average Bonchev–Trinajstić information content (AvgIpc) is 2.10. The molecule has 18 heavy (non-hydrogen) atoms. The van der Waals surface area contributed by atoms with Gasteiger partial charge in [-0.05, 0) is 34.6 Å². The minimum Gasteiger partial charge on any atom is -0.444 e. The van der Waals surface area contributed by atoms with E-state index < -0.39 is 29.5 Å². The minimum atomic E-state index is -0.879. The van der Waals surface area contributed by atoms with Crippen LogP contribution in [0.5, 0.6) is 0 Å². The molecule has 0 aliphatic carbocycles. The molecule has 0 saturated heterocycles. The van der Waals surface area contributed by atoms with Crippen LogP contribution >= 0.6 is 11.6 Å². The summed E-state index contributed by atoms with van der Waals surface area (Å²) in [6, 6.07) is -0.391. The van der Waals surface area contributed by atoms with Gasteiger partial charge < -0.3 is 19.5 Å². The van der Waals surface area contributed by atoms with Crippen molar-refractivity contribution >= 4 is 23.8 Å². The van der Waals surface area contributed by atoms with Gasteiger partial charge in [0.1, 0.15) is 12.2 Å². The molecular weight excluding hydrogens is 262 g/mol. The van der Waals surface area contributed by atoms with Crippen LogP contribution in [0.1, 0.15) is 34.6 Å². The van der Waals surface area contributed by atoms with Gasteiger partial charge >= 0.3 is 12.2 Å². The molecular formula is C11H20ClNO5. The van der Waals surface area contributed by atoms with Crippen molar-refractivity contribution in [1.82, 2.24) is 5.32 Å². The number of alkyl halides is 1. The Morgan fingerprint density at radius 3 is 2.28 bits per heavy atom. The zero-order chi connectivity index (χ0) is 14.3. The van der Waals surface area contributed by atoms with Gasteiger partial charge in [0.2, 0.25) is 0 Å². The van der Waals surface area contributed by atoms with Gasteiger partial charge in [0, 0.05) is 0 Å². The zero-order valence-corrected chi connectivity index (χ0v) is 12.0. The molecule has 0 spiro atoms. The van der Waals surface area contributed by atoms with Gasteiger partial charge in [-0.25, -0.2) is 9.59 Å². The first kappa shape index (κ1) is 16.8. The third-order valence-electron chi connectivity index (χ3n) is 1.47. The molecule has 106 valence electrons. The second kappa shape index (κ2) is 7.31. The second-order valence-electron chi connectivity index (χ2n) is 4.77. The largest absolute Gasteiger partial charge is 0.509 e. The summed E-state index contributed by atoms with van der Waals surface area (Å²) in [4.78, 5) is 22.4. The highest BCUT2D eigenvalue weighted by Crippen LogP contribution is 2.06. The summed E-state index contributed by atoms with van der Waals surface area (Å²) < 4.78 is 14.3. The molecule has 0 heterocycles. The van der Waals surface area contributed by atoms with Crippen LogP contribution in [0.4, 0.5) is 9.59 Å². The van der Waals surface area contributed by atoms with Crippen LogP contribution in [-0.2, 0) is 14.2 Å². The molecule has 7 heteroatoms. The van der Waals surface area contributed by atoms with E-state index in [1.807, 2.05) is 0 Å². The lowest BCUT2D eigenvalue weighted by atomic mass is 10.2. The molecule has 0 saturated carbocycles. The Morgan fingerprint density at radius 1 is 1.28 bits per heavy atom. The number of hydrogen-bond donors (Lipinski definition) is 1. The molecule has 0 bridgehead atoms. The van der Waals surface area contributed by atoms with Crippen molar-refractivity contribution in [2.45, 2.75) is 51.8 Å². The number of hydrogen-bond acceptors (Lipinski definition) is 5. The van der Waals surface area contributed by atoms with Gasteiger partial charge in [0.15, 0.2) is 5.56 Å². The highest BCUT2D eigenvalue weighted by Gasteiger charge is 2.18. The highest BCUT2D eigenvalue weighted by atomic mass is 35.5. The summed E-state index contributed by atoms with van der Waals surface area (Å²) in [7, 11) is 0. The molecule has 1 amide bonds. The van der Waals surface area contributed by atoms with Crippen molar-refractivity contribution in [3.8, 4) is 0 Å². The predicted molar refractivity (Wildman–Crippen MR) is 66.6 cm³/mol. The van der Waals surface area contributed by atoms with Crippen LogP contribution in [-0.4, -0.2) is 36.1 Å². The lowest BCUT2D eigenvalue weighted by Gasteiger charge is -2.21. The quantitative estimate of drug-likeness (QED) is 0.633. The first-order chi connectivity index (χ1) is 8.10. The fourth-order valence-electron chi connectivity index (χ4n) is 0.910. The number of rotatable bonds is 4. The first-order valence-electron chi connectivity index (χ1n) is 5.57. The van der Waals surface area contributed by atoms with Crippen molar-refractivity contribution in [2.24, 2.45) is 0 Å². The average molecular weight is 282 g/mol. The van der Waals surface area contributed by atoms with Crippen molar-refractivity contribution in [1.29, 1.82) is 0 Å². The number of alkyl carbamates (subject to hydrolysis) is 1. The van der Waals surface area contributed by atoms with E-state index >= 15 is 0 Å². The van der Waals surface area contributed by atoms with Gasteiger partial charge in [-0.15, -0.1) is 0 Å². The van der Waals surface area contributed by atoms with E-state index in [0.717, 1.165) is 0 Å². The molecule has 0 aromatic rings. The van der Waals surface area contributed by atoms with Gasteiger partial charge in [-0.3, -0.25) is 0 Å². The molecule has 6 nitrogen and oxygen atoms in total. The third kappa shape index (κ3) is 10.0. The molecule has 0 radical (unpaired) electrons. The van der Waals surface area contributed by atoms with E-state index in [-0.39, 0.29) is 6.61 Å². The van der Waals surface area contributed by atoms with Crippen LogP contribution in [0.25, 0.3) is 0 Å². The lowest BCUT2D eigenvalue weighted by molar-refractivity contribution is 0.0343. The summed E-state index contributed by atoms with van der Waals surface area (Å²) in [5.41, 5.74) is -1.33. The normalized spacial score (nSPS) is 14.3. The van der Waals surface area contributed by atoms with Gasteiger partial charge in [0.25, 0.3) is 0 Å². The maximum absolute atomic E-state index is 11.4. The Balaban J connectivity index is 3.87. The second-order valence-corrected chi connectivity index (χ2v) is 5.38. The summed E-state index contributed by atoms with van der Waals surface area (Å²) >= 11 is 5.43. The Morgan fingerprint density at radius 2 is 1.83 bits per heavy atom. The van der Waals surface area contributed by atoms with E-state index in [4.69, 9.17) is 21.1 Å². The lowest BCUT2D eigenvalue weighted by Crippen LogP contribution is -2.40. The van der Waals surface area contributed by atoms with Gasteiger partial charge in [0.05, 0.1) is 6.04 Å². The Hall–Kier alpha value is -1.17. The summed E-state index contributed by atoms with van der Waals surface area (Å²) in [5, 5.41) is 2.52. The molecule has 0 aromatic heterocycles. The summed E-state index contributed by atoms with van der Waals surface area (Å²) in [5.74, 6) is 0. The van der Waals surface area contributed by atoms with Gasteiger partial charge in [-0.2, -0.15) is 0 Å². The topological polar surface area (TPSA) is 73.9 Å². The predicted octanol–water partition coefficient (Wildman–Crippen LogP) is 2.64. The molecule has 0 aliphatic heterocycles. The smallest absolute Gasteiger partial charge is 0.444 e. The first-order valence-corrected chi connectivity index (χ1v) is 6.01. The number of amides is 1. The number of nitrogens with one attached hydrogen (secondary N) is 1. The van der Waals surface area contributed by atoms with Gasteiger partial charge in [-0.1, -0.05) is 11.6 Å². The van der Waals surface area contributed by atoms with Crippen molar-refractivity contribution in [3.63, 3.8) is 0 Å². The fraction of sp³-hybridized carbons (Fsp3) is 0.818.